The zero-order chi connectivity index (χ0) is 12.4. The van der Waals surface area contributed by atoms with E-state index in [9.17, 15) is 4.79 Å². The predicted octanol–water partition coefficient (Wildman–Crippen LogP) is 1.73. The van der Waals surface area contributed by atoms with E-state index in [1.54, 1.807) is 31.2 Å². The number of aryl methyl sites for hydroxylation is 1. The summed E-state index contributed by atoms with van der Waals surface area (Å²) in [4.78, 5) is 19.1. The third kappa shape index (κ3) is 2.08. The fourth-order valence-corrected chi connectivity index (χ4v) is 1.64. The molecule has 2 rings (SSSR count). The van der Waals surface area contributed by atoms with Crippen molar-refractivity contribution in [3.8, 4) is 11.1 Å². The van der Waals surface area contributed by atoms with Gasteiger partial charge in [-0.25, -0.2) is 14.8 Å². The van der Waals surface area contributed by atoms with Crippen LogP contribution in [-0.2, 0) is 0 Å². The van der Waals surface area contributed by atoms with Crippen molar-refractivity contribution in [1.29, 1.82) is 0 Å². The van der Waals surface area contributed by atoms with Crippen LogP contribution in [0.3, 0.4) is 0 Å². The Morgan fingerprint density at radius 1 is 1.24 bits per heavy atom. The molecule has 17 heavy (non-hydrogen) atoms. The number of aromatic carboxylic acids is 1. The molecule has 0 aliphatic heterocycles. The number of rotatable bonds is 2. The summed E-state index contributed by atoms with van der Waals surface area (Å²) >= 11 is 0. The maximum absolute atomic E-state index is 11.2. The Hall–Kier alpha value is -2.43. The van der Waals surface area contributed by atoms with E-state index in [2.05, 4.69) is 9.97 Å². The lowest BCUT2D eigenvalue weighted by Gasteiger charge is -2.09. The maximum atomic E-state index is 11.2. The van der Waals surface area contributed by atoms with Crippen molar-refractivity contribution >= 4 is 11.8 Å². The molecule has 2 aromatic rings. The highest BCUT2D eigenvalue weighted by atomic mass is 16.4. The maximum Gasteiger partial charge on any atom is 0.355 e. The van der Waals surface area contributed by atoms with Gasteiger partial charge in [0.1, 0.15) is 11.6 Å². The number of carboxylic acids is 1. The Morgan fingerprint density at radius 3 is 2.47 bits per heavy atom. The van der Waals surface area contributed by atoms with Gasteiger partial charge in [0, 0.05) is 0 Å². The quantitative estimate of drug-likeness (QED) is 0.818. The van der Waals surface area contributed by atoms with Crippen molar-refractivity contribution in [1.82, 2.24) is 9.97 Å². The highest BCUT2D eigenvalue weighted by molar-refractivity contribution is 5.97. The lowest BCUT2D eigenvalue weighted by molar-refractivity contribution is 0.0691. The molecular weight excluding hydrogens is 218 g/mol. The van der Waals surface area contributed by atoms with Crippen molar-refractivity contribution in [2.45, 2.75) is 6.92 Å². The van der Waals surface area contributed by atoms with Crippen LogP contribution in [0.1, 0.15) is 16.3 Å². The van der Waals surface area contributed by atoms with Crippen LogP contribution < -0.4 is 5.73 Å². The van der Waals surface area contributed by atoms with Crippen LogP contribution in [0.25, 0.3) is 11.1 Å². The second-order valence-corrected chi connectivity index (χ2v) is 3.55. The summed E-state index contributed by atoms with van der Waals surface area (Å²) in [7, 11) is 0. The minimum absolute atomic E-state index is 0.0683. The summed E-state index contributed by atoms with van der Waals surface area (Å²) in [6.07, 6.45) is 0. The van der Waals surface area contributed by atoms with E-state index in [1.807, 2.05) is 6.07 Å². The lowest BCUT2D eigenvalue weighted by atomic mass is 10.0. The number of nitrogens with two attached hydrogens (primary N) is 1. The number of carboxylic acid groups (broad SMARTS) is 1. The molecule has 0 unspecified atom stereocenters. The minimum Gasteiger partial charge on any atom is -0.476 e. The molecule has 1 aromatic heterocycles. The van der Waals surface area contributed by atoms with Crippen molar-refractivity contribution in [3.63, 3.8) is 0 Å². The van der Waals surface area contributed by atoms with Crippen molar-refractivity contribution < 1.29 is 9.90 Å². The summed E-state index contributed by atoms with van der Waals surface area (Å²) < 4.78 is 0. The number of hydrogen-bond donors (Lipinski definition) is 2. The van der Waals surface area contributed by atoms with E-state index in [0.717, 1.165) is 0 Å². The van der Waals surface area contributed by atoms with Crippen LogP contribution in [0, 0.1) is 6.92 Å². The predicted molar refractivity (Wildman–Crippen MR) is 63.6 cm³/mol. The standard InChI is InChI=1S/C12H11N3O2/c1-7-14-10(12(16)17)9(11(13)15-7)8-5-3-2-4-6-8/h2-6H,1H3,(H,16,17)(H2,13,14,15). The molecule has 0 amide bonds. The Balaban J connectivity index is 2.72. The van der Waals surface area contributed by atoms with Crippen molar-refractivity contribution in [2.75, 3.05) is 5.73 Å². The van der Waals surface area contributed by atoms with Gasteiger partial charge in [0.05, 0.1) is 5.56 Å². The first kappa shape index (κ1) is 11.1. The summed E-state index contributed by atoms with van der Waals surface area (Å²) in [6, 6.07) is 9.00. The van der Waals surface area contributed by atoms with E-state index in [-0.39, 0.29) is 11.5 Å². The number of anilines is 1. The smallest absolute Gasteiger partial charge is 0.355 e. The topological polar surface area (TPSA) is 89.1 Å². The summed E-state index contributed by atoms with van der Waals surface area (Å²) in [5.41, 5.74) is 6.77. The number of aromatic nitrogens is 2. The number of hydrogen-bond acceptors (Lipinski definition) is 4. The first-order valence-electron chi connectivity index (χ1n) is 5.02. The molecule has 1 heterocycles. The number of benzene rings is 1. The number of nitrogens with zero attached hydrogens (tertiary/aromatic N) is 2. The summed E-state index contributed by atoms with van der Waals surface area (Å²) in [6.45, 7) is 1.61. The molecule has 1 aromatic carbocycles. The van der Waals surface area contributed by atoms with Crippen LogP contribution in [0.2, 0.25) is 0 Å². The SMILES string of the molecule is Cc1nc(N)c(-c2ccccc2)c(C(=O)O)n1. The number of carbonyl (C=O) groups is 1. The molecule has 0 aliphatic rings. The van der Waals surface area contributed by atoms with Gasteiger partial charge in [-0.3, -0.25) is 0 Å². The molecule has 5 heteroatoms. The van der Waals surface area contributed by atoms with E-state index < -0.39 is 5.97 Å². The van der Waals surface area contributed by atoms with Gasteiger partial charge < -0.3 is 10.8 Å². The number of nitrogen functional groups attached to an aromatic ring is 1. The molecule has 0 aliphatic carbocycles. The Labute approximate surface area is 98.0 Å². The Bertz CT molecular complexity index is 567. The fraction of sp³-hybridized carbons (Fsp3) is 0.0833. The first-order chi connectivity index (χ1) is 8.09. The van der Waals surface area contributed by atoms with Gasteiger partial charge in [0.2, 0.25) is 0 Å². The average molecular weight is 229 g/mol. The third-order valence-corrected chi connectivity index (χ3v) is 2.31. The zero-order valence-corrected chi connectivity index (χ0v) is 9.21. The molecule has 5 nitrogen and oxygen atoms in total. The highest BCUT2D eigenvalue weighted by Gasteiger charge is 2.18. The van der Waals surface area contributed by atoms with Gasteiger partial charge in [-0.15, -0.1) is 0 Å². The second-order valence-electron chi connectivity index (χ2n) is 3.55. The fourth-order valence-electron chi connectivity index (χ4n) is 1.64. The van der Waals surface area contributed by atoms with Crippen LogP contribution in [-0.4, -0.2) is 21.0 Å². The third-order valence-electron chi connectivity index (χ3n) is 2.31. The van der Waals surface area contributed by atoms with E-state index in [1.165, 1.54) is 0 Å². The lowest BCUT2D eigenvalue weighted by Crippen LogP contribution is -2.09. The van der Waals surface area contributed by atoms with Gasteiger partial charge >= 0.3 is 5.97 Å². The monoisotopic (exact) mass is 229 g/mol. The largest absolute Gasteiger partial charge is 0.476 e. The van der Waals surface area contributed by atoms with Gasteiger partial charge in [0.15, 0.2) is 5.69 Å². The minimum atomic E-state index is -1.11. The van der Waals surface area contributed by atoms with E-state index in [4.69, 9.17) is 10.8 Å². The molecule has 0 bridgehead atoms. The Kier molecular flexibility index (Phi) is 2.74. The molecule has 0 radical (unpaired) electrons. The van der Waals surface area contributed by atoms with Crippen LogP contribution in [0.4, 0.5) is 5.82 Å². The zero-order valence-electron chi connectivity index (χ0n) is 9.21. The van der Waals surface area contributed by atoms with Crippen molar-refractivity contribution in [3.05, 3.63) is 41.9 Å². The molecule has 3 N–H and O–H groups in total. The first-order valence-corrected chi connectivity index (χ1v) is 5.02. The normalized spacial score (nSPS) is 10.2. The molecule has 0 fully saturated rings. The van der Waals surface area contributed by atoms with Gasteiger partial charge in [-0.05, 0) is 12.5 Å². The molecule has 86 valence electrons. The van der Waals surface area contributed by atoms with E-state index in [0.29, 0.717) is 17.0 Å². The van der Waals surface area contributed by atoms with Crippen LogP contribution in [0.5, 0.6) is 0 Å². The van der Waals surface area contributed by atoms with Crippen molar-refractivity contribution in [2.24, 2.45) is 0 Å². The van der Waals surface area contributed by atoms with Crippen LogP contribution in [0.15, 0.2) is 30.3 Å². The summed E-state index contributed by atoms with van der Waals surface area (Å²) in [5.74, 6) is -0.582. The van der Waals surface area contributed by atoms with Gasteiger partial charge in [-0.1, -0.05) is 30.3 Å². The Morgan fingerprint density at radius 2 is 1.88 bits per heavy atom. The molecule has 0 saturated carbocycles. The summed E-state index contributed by atoms with van der Waals surface area (Å²) in [5, 5.41) is 9.13. The van der Waals surface area contributed by atoms with Gasteiger partial charge in [0.25, 0.3) is 0 Å². The molecule has 0 saturated heterocycles. The van der Waals surface area contributed by atoms with E-state index >= 15 is 0 Å². The highest BCUT2D eigenvalue weighted by Crippen LogP contribution is 2.27. The molecule has 0 atom stereocenters. The van der Waals surface area contributed by atoms with Crippen LogP contribution >= 0.6 is 0 Å². The van der Waals surface area contributed by atoms with Gasteiger partial charge in [-0.2, -0.15) is 0 Å². The second kappa shape index (κ2) is 4.21. The molecular formula is C12H11N3O2. The molecule has 0 spiro atoms. The average Bonchev–Trinajstić information content (AvgIpc) is 2.29.